The Hall–Kier alpha value is -4.60. The van der Waals surface area contributed by atoms with Gasteiger partial charge in [-0.05, 0) is 68.2 Å². The lowest BCUT2D eigenvalue weighted by molar-refractivity contribution is 0.0620. The van der Waals surface area contributed by atoms with Gasteiger partial charge >= 0.3 is 0 Å². The number of nitrogens with zero attached hydrogens (tertiary/aromatic N) is 6. The van der Waals surface area contributed by atoms with Crippen molar-refractivity contribution in [1.82, 2.24) is 29.5 Å². The summed E-state index contributed by atoms with van der Waals surface area (Å²) in [5, 5.41) is 15.3. The number of nitrogens with one attached hydrogen (secondary N) is 2. The fourth-order valence-corrected chi connectivity index (χ4v) is 5.82. The van der Waals surface area contributed by atoms with Crippen molar-refractivity contribution in [2.24, 2.45) is 5.92 Å². The van der Waals surface area contributed by atoms with Crippen LogP contribution in [-0.4, -0.2) is 82.5 Å². The Bertz CT molecular complexity index is 1690. The second-order valence-electron chi connectivity index (χ2n) is 10.9. The molecule has 10 nitrogen and oxygen atoms in total. The highest BCUT2D eigenvalue weighted by Crippen LogP contribution is 2.32. The third-order valence-corrected chi connectivity index (χ3v) is 8.10. The molecule has 1 amide bonds. The average Bonchev–Trinajstić information content (AvgIpc) is 3.69. The first kappa shape index (κ1) is 28.5. The van der Waals surface area contributed by atoms with Crippen molar-refractivity contribution in [1.29, 1.82) is 5.26 Å². The van der Waals surface area contributed by atoms with E-state index in [0.29, 0.717) is 47.4 Å². The molecule has 222 valence electrons. The molecule has 12 heteroatoms. The van der Waals surface area contributed by atoms with Crippen LogP contribution in [0.1, 0.15) is 22.3 Å². The summed E-state index contributed by atoms with van der Waals surface area (Å²) >= 11 is 0. The number of piperazine rings is 1. The number of fused-ring (bicyclic) bond motifs is 1. The van der Waals surface area contributed by atoms with Crippen LogP contribution in [0.15, 0.2) is 48.9 Å². The molecule has 6 rings (SSSR count). The first-order chi connectivity index (χ1) is 20.9. The molecule has 2 saturated heterocycles. The van der Waals surface area contributed by atoms with E-state index in [4.69, 9.17) is 10.00 Å². The number of imidazole rings is 1. The summed E-state index contributed by atoms with van der Waals surface area (Å²) in [6.07, 6.45) is 5.80. The number of benzene rings is 2. The van der Waals surface area contributed by atoms with Gasteiger partial charge in [0.05, 0.1) is 11.9 Å². The number of carbonyl (C=O) groups is 1. The molecule has 0 saturated carbocycles. The van der Waals surface area contributed by atoms with Crippen molar-refractivity contribution >= 4 is 23.1 Å². The standard InChI is InChI=1S/C31H32F2N8O2/c1-20-16-22(2-3-23(20)31(42)40-13-11-39(12-14-40)19-21-6-8-35-17-21)38-29-30-37-18-25(41(30)10-9-36-29)24-4-5-26(43-15-7-34)28(33)27(24)32/h2-5,9-10,16,18,21,35H,6,8,11-15,17,19H2,1H3,(H,36,38)/t21-/m0/s1. The Kier molecular flexibility index (Phi) is 8.18. The smallest absolute Gasteiger partial charge is 0.254 e. The third kappa shape index (κ3) is 5.86. The van der Waals surface area contributed by atoms with Gasteiger partial charge in [-0.25, -0.2) is 14.4 Å². The maximum absolute atomic E-state index is 15.0. The molecular weight excluding hydrogens is 554 g/mol. The first-order valence-electron chi connectivity index (χ1n) is 14.3. The first-order valence-corrected chi connectivity index (χ1v) is 14.3. The number of aryl methyl sites for hydroxylation is 1. The second-order valence-corrected chi connectivity index (χ2v) is 10.9. The summed E-state index contributed by atoms with van der Waals surface area (Å²) in [6, 6.07) is 9.94. The minimum atomic E-state index is -1.18. The van der Waals surface area contributed by atoms with E-state index >= 15 is 0 Å². The predicted molar refractivity (Wildman–Crippen MR) is 157 cm³/mol. The number of ether oxygens (including phenoxy) is 1. The number of carbonyl (C=O) groups excluding carboxylic acids is 1. The van der Waals surface area contributed by atoms with Crippen molar-refractivity contribution in [3.63, 3.8) is 0 Å². The number of hydrogen-bond acceptors (Lipinski definition) is 8. The van der Waals surface area contributed by atoms with E-state index in [1.165, 1.54) is 30.9 Å². The molecule has 2 aliphatic heterocycles. The number of anilines is 2. The minimum absolute atomic E-state index is 0.0125. The zero-order valence-corrected chi connectivity index (χ0v) is 23.8. The lowest BCUT2D eigenvalue weighted by Crippen LogP contribution is -2.50. The summed E-state index contributed by atoms with van der Waals surface area (Å²) in [6.45, 7) is 7.98. The van der Waals surface area contributed by atoms with Gasteiger partial charge in [0.2, 0.25) is 5.82 Å². The lowest BCUT2D eigenvalue weighted by atomic mass is 10.1. The number of hydrogen-bond donors (Lipinski definition) is 2. The van der Waals surface area contributed by atoms with E-state index in [2.05, 4.69) is 25.5 Å². The van der Waals surface area contributed by atoms with E-state index in [-0.39, 0.29) is 17.2 Å². The highest BCUT2D eigenvalue weighted by Gasteiger charge is 2.26. The van der Waals surface area contributed by atoms with Gasteiger partial charge in [0.15, 0.2) is 29.6 Å². The van der Waals surface area contributed by atoms with Crippen LogP contribution in [0, 0.1) is 35.8 Å². The van der Waals surface area contributed by atoms with Crippen LogP contribution in [0.5, 0.6) is 5.75 Å². The Morgan fingerprint density at radius 1 is 1.16 bits per heavy atom. The van der Waals surface area contributed by atoms with Crippen molar-refractivity contribution < 1.29 is 18.3 Å². The zero-order chi connectivity index (χ0) is 29.9. The van der Waals surface area contributed by atoms with E-state index in [0.717, 1.165) is 38.3 Å². The largest absolute Gasteiger partial charge is 0.476 e. The van der Waals surface area contributed by atoms with E-state index < -0.39 is 18.2 Å². The minimum Gasteiger partial charge on any atom is -0.476 e. The average molecular weight is 587 g/mol. The van der Waals surface area contributed by atoms with Gasteiger partial charge < -0.3 is 20.3 Å². The molecule has 4 aromatic rings. The summed E-state index contributed by atoms with van der Waals surface area (Å²) in [5.74, 6) is -1.48. The van der Waals surface area contributed by atoms with Gasteiger partial charge in [-0.15, -0.1) is 0 Å². The van der Waals surface area contributed by atoms with Crippen LogP contribution in [0.4, 0.5) is 20.3 Å². The molecule has 2 aliphatic rings. The molecule has 43 heavy (non-hydrogen) atoms. The topological polar surface area (TPSA) is 111 Å². The summed E-state index contributed by atoms with van der Waals surface area (Å²) in [4.78, 5) is 26.5. The van der Waals surface area contributed by atoms with E-state index in [9.17, 15) is 13.6 Å². The number of rotatable bonds is 8. The number of halogens is 2. The van der Waals surface area contributed by atoms with E-state index in [1.807, 2.05) is 30.0 Å². The van der Waals surface area contributed by atoms with Crippen LogP contribution in [0.3, 0.4) is 0 Å². The normalized spacial score (nSPS) is 17.3. The molecule has 0 radical (unpaired) electrons. The van der Waals surface area contributed by atoms with Crippen LogP contribution in [0.25, 0.3) is 16.9 Å². The second kappa shape index (κ2) is 12.3. The van der Waals surface area contributed by atoms with Crippen LogP contribution < -0.4 is 15.4 Å². The summed E-state index contributed by atoms with van der Waals surface area (Å²) in [7, 11) is 0. The Morgan fingerprint density at radius 2 is 2.00 bits per heavy atom. The summed E-state index contributed by atoms with van der Waals surface area (Å²) < 4.78 is 36.1. The zero-order valence-electron chi connectivity index (χ0n) is 23.8. The molecule has 0 unspecified atom stereocenters. The van der Waals surface area contributed by atoms with Gasteiger partial charge in [-0.1, -0.05) is 0 Å². The summed E-state index contributed by atoms with van der Waals surface area (Å²) in [5.41, 5.74) is 2.92. The fourth-order valence-electron chi connectivity index (χ4n) is 5.82. The fraction of sp³-hybridized carbons (Fsp3) is 0.355. The monoisotopic (exact) mass is 586 g/mol. The van der Waals surface area contributed by atoms with Crippen molar-refractivity contribution in [2.45, 2.75) is 13.3 Å². The van der Waals surface area contributed by atoms with Crippen molar-refractivity contribution in [3.8, 4) is 23.1 Å². The van der Waals surface area contributed by atoms with Gasteiger partial charge in [-0.3, -0.25) is 14.1 Å². The molecule has 4 heterocycles. The highest BCUT2D eigenvalue weighted by atomic mass is 19.2. The van der Waals surface area contributed by atoms with Gasteiger partial charge in [-0.2, -0.15) is 9.65 Å². The molecule has 0 aliphatic carbocycles. The third-order valence-electron chi connectivity index (χ3n) is 8.10. The van der Waals surface area contributed by atoms with Crippen LogP contribution >= 0.6 is 0 Å². The highest BCUT2D eigenvalue weighted by molar-refractivity contribution is 5.96. The Balaban J connectivity index is 1.16. The van der Waals surface area contributed by atoms with Crippen LogP contribution in [0.2, 0.25) is 0 Å². The number of aromatic nitrogens is 3. The number of amides is 1. The lowest BCUT2D eigenvalue weighted by Gasteiger charge is -2.36. The van der Waals surface area contributed by atoms with Gasteiger partial charge in [0.1, 0.15) is 6.07 Å². The SMILES string of the molecule is Cc1cc(Nc2nccn3c(-c4ccc(OCC#N)c(F)c4F)cnc23)ccc1C(=O)N1CCN(C[C@H]2CCNC2)CC1. The molecule has 2 aromatic carbocycles. The van der Waals surface area contributed by atoms with E-state index in [1.54, 1.807) is 16.7 Å². The molecule has 0 bridgehead atoms. The maximum Gasteiger partial charge on any atom is 0.254 e. The molecule has 2 fully saturated rings. The molecule has 2 N–H and O–H groups in total. The molecular formula is C31H32F2N8O2. The van der Waals surface area contributed by atoms with Crippen LogP contribution in [-0.2, 0) is 0 Å². The van der Waals surface area contributed by atoms with Gasteiger partial charge in [0.25, 0.3) is 5.91 Å². The molecule has 0 spiro atoms. The van der Waals surface area contributed by atoms with Gasteiger partial charge in [0, 0.05) is 61.9 Å². The Labute approximate surface area is 247 Å². The van der Waals surface area contributed by atoms with Crippen molar-refractivity contribution in [2.75, 3.05) is 57.7 Å². The predicted octanol–water partition coefficient (Wildman–Crippen LogP) is 4.00. The quantitative estimate of drug-likeness (QED) is 0.319. The Morgan fingerprint density at radius 3 is 2.74 bits per heavy atom. The molecule has 2 aromatic heterocycles. The van der Waals surface area contributed by atoms with Crippen molar-refractivity contribution in [3.05, 3.63) is 71.7 Å². The maximum atomic E-state index is 15.0. The molecule has 1 atom stereocenters. The number of nitriles is 1.